The van der Waals surface area contributed by atoms with E-state index in [1.807, 2.05) is 0 Å². The van der Waals surface area contributed by atoms with Gasteiger partial charge in [-0.05, 0) is 57.3 Å². The van der Waals surface area contributed by atoms with Gasteiger partial charge in [0.05, 0.1) is 5.69 Å². The Balaban J connectivity index is 1.54. The maximum Gasteiger partial charge on any atom is 0.116 e. The Kier molecular flexibility index (Phi) is 3.67. The van der Waals surface area contributed by atoms with Gasteiger partial charge in [0, 0.05) is 23.2 Å². The molecule has 1 aliphatic heterocycles. The zero-order valence-corrected chi connectivity index (χ0v) is 13.2. The summed E-state index contributed by atoms with van der Waals surface area (Å²) >= 11 is 0. The number of benzene rings is 1. The van der Waals surface area contributed by atoms with Crippen LogP contribution in [0.2, 0.25) is 0 Å². The van der Waals surface area contributed by atoms with Crippen LogP contribution in [0.3, 0.4) is 0 Å². The van der Waals surface area contributed by atoms with Gasteiger partial charge in [0.1, 0.15) is 6.33 Å². The van der Waals surface area contributed by atoms with Gasteiger partial charge in [0.25, 0.3) is 0 Å². The minimum Gasteiger partial charge on any atom is -0.297 e. The molecular weight excluding hydrogens is 270 g/mol. The highest BCUT2D eigenvalue weighted by Crippen LogP contribution is 2.39. The molecule has 1 atom stereocenters. The lowest BCUT2D eigenvalue weighted by Gasteiger charge is -2.24. The Morgan fingerprint density at radius 1 is 1.05 bits per heavy atom. The molecule has 0 radical (unpaired) electrons. The smallest absolute Gasteiger partial charge is 0.116 e. The van der Waals surface area contributed by atoms with Crippen molar-refractivity contribution in [1.82, 2.24) is 14.9 Å². The van der Waals surface area contributed by atoms with Crippen LogP contribution in [-0.2, 0) is 0 Å². The number of hydrogen-bond donors (Lipinski definition) is 0. The fourth-order valence-corrected chi connectivity index (χ4v) is 3.40. The first-order valence-corrected chi connectivity index (χ1v) is 8.47. The van der Waals surface area contributed by atoms with Crippen LogP contribution in [0.1, 0.15) is 55.8 Å². The first-order chi connectivity index (χ1) is 10.8. The molecule has 114 valence electrons. The van der Waals surface area contributed by atoms with Crippen molar-refractivity contribution < 1.29 is 0 Å². The summed E-state index contributed by atoms with van der Waals surface area (Å²) in [5.74, 6) is 0.677. The van der Waals surface area contributed by atoms with Gasteiger partial charge in [-0.25, -0.2) is 9.97 Å². The summed E-state index contributed by atoms with van der Waals surface area (Å²) in [6.45, 7) is 4.79. The van der Waals surface area contributed by atoms with Gasteiger partial charge in [-0.1, -0.05) is 24.3 Å². The van der Waals surface area contributed by atoms with Crippen LogP contribution in [0.5, 0.6) is 0 Å². The van der Waals surface area contributed by atoms with Crippen LogP contribution in [0.4, 0.5) is 0 Å². The van der Waals surface area contributed by atoms with Crippen LogP contribution >= 0.6 is 0 Å². The Morgan fingerprint density at radius 2 is 1.77 bits per heavy atom. The molecule has 0 N–H and O–H groups in total. The van der Waals surface area contributed by atoms with Gasteiger partial charge >= 0.3 is 0 Å². The molecule has 22 heavy (non-hydrogen) atoms. The topological polar surface area (TPSA) is 29.0 Å². The molecule has 2 fully saturated rings. The molecule has 0 amide bonds. The predicted octanol–water partition coefficient (Wildman–Crippen LogP) is 4.18. The van der Waals surface area contributed by atoms with E-state index in [1.54, 1.807) is 6.33 Å². The molecule has 3 heteroatoms. The minimum atomic E-state index is 0.518. The molecule has 1 saturated carbocycles. The molecule has 3 nitrogen and oxygen atoms in total. The largest absolute Gasteiger partial charge is 0.297 e. The van der Waals surface area contributed by atoms with Crippen LogP contribution in [-0.4, -0.2) is 28.0 Å². The van der Waals surface area contributed by atoms with Crippen LogP contribution in [0.25, 0.3) is 11.3 Å². The third-order valence-electron chi connectivity index (χ3n) is 5.06. The third kappa shape index (κ3) is 2.78. The SMILES string of the molecule is C[C@@H](c1ccc(-c2cc(C3CC3)ncn2)cc1)N1CCCC1. The molecule has 1 saturated heterocycles. The van der Waals surface area contributed by atoms with Gasteiger partial charge < -0.3 is 0 Å². The minimum absolute atomic E-state index is 0.518. The van der Waals surface area contributed by atoms with Crippen molar-refractivity contribution in [3.63, 3.8) is 0 Å². The van der Waals surface area contributed by atoms with Crippen molar-refractivity contribution >= 4 is 0 Å². The molecule has 2 aromatic rings. The van der Waals surface area contributed by atoms with E-state index in [-0.39, 0.29) is 0 Å². The van der Waals surface area contributed by atoms with E-state index in [4.69, 9.17) is 0 Å². The molecule has 0 spiro atoms. The highest BCUT2D eigenvalue weighted by Gasteiger charge is 2.25. The molecule has 0 bridgehead atoms. The standard InChI is InChI=1S/C19H23N3/c1-14(22-10-2-3-11-22)15-4-6-16(7-5-15)18-12-19(17-8-9-17)21-13-20-18/h4-7,12-14,17H,2-3,8-11H2,1H3/t14-/m0/s1. The summed E-state index contributed by atoms with van der Waals surface area (Å²) < 4.78 is 0. The summed E-state index contributed by atoms with van der Waals surface area (Å²) in [6, 6.07) is 11.6. The fourth-order valence-electron chi connectivity index (χ4n) is 3.40. The Hall–Kier alpha value is -1.74. The summed E-state index contributed by atoms with van der Waals surface area (Å²) in [5, 5.41) is 0. The Labute approximate surface area is 132 Å². The highest BCUT2D eigenvalue weighted by molar-refractivity contribution is 5.59. The van der Waals surface area contributed by atoms with Crippen molar-refractivity contribution in [1.29, 1.82) is 0 Å². The number of hydrogen-bond acceptors (Lipinski definition) is 3. The number of aromatic nitrogens is 2. The lowest BCUT2D eigenvalue weighted by Crippen LogP contribution is -2.23. The molecule has 4 rings (SSSR count). The first kappa shape index (κ1) is 13.9. The van der Waals surface area contributed by atoms with Crippen molar-refractivity contribution in [3.05, 3.63) is 47.9 Å². The first-order valence-electron chi connectivity index (χ1n) is 8.47. The molecular formula is C19H23N3. The van der Waals surface area contributed by atoms with Crippen LogP contribution in [0.15, 0.2) is 36.7 Å². The van der Waals surface area contributed by atoms with E-state index in [0.717, 1.165) is 5.69 Å². The van der Waals surface area contributed by atoms with Crippen molar-refractivity contribution in [2.75, 3.05) is 13.1 Å². The maximum absolute atomic E-state index is 4.45. The summed E-state index contributed by atoms with van der Waals surface area (Å²) in [7, 11) is 0. The average molecular weight is 293 g/mol. The second-order valence-electron chi connectivity index (χ2n) is 6.64. The third-order valence-corrected chi connectivity index (χ3v) is 5.06. The molecule has 1 aromatic heterocycles. The van der Waals surface area contributed by atoms with Gasteiger partial charge in [-0.2, -0.15) is 0 Å². The van der Waals surface area contributed by atoms with Crippen molar-refractivity contribution in [2.24, 2.45) is 0 Å². The zero-order chi connectivity index (χ0) is 14.9. The van der Waals surface area contributed by atoms with Crippen LogP contribution < -0.4 is 0 Å². The maximum atomic E-state index is 4.45. The second-order valence-corrected chi connectivity index (χ2v) is 6.64. The van der Waals surface area contributed by atoms with Gasteiger partial charge in [0.15, 0.2) is 0 Å². The van der Waals surface area contributed by atoms with E-state index >= 15 is 0 Å². The summed E-state index contributed by atoms with van der Waals surface area (Å²) in [4.78, 5) is 11.4. The van der Waals surface area contributed by atoms with Crippen LogP contribution in [0, 0.1) is 0 Å². The lowest BCUT2D eigenvalue weighted by molar-refractivity contribution is 0.263. The van der Waals surface area contributed by atoms with Gasteiger partial charge in [-0.15, -0.1) is 0 Å². The number of nitrogens with zero attached hydrogens (tertiary/aromatic N) is 3. The second kappa shape index (κ2) is 5.81. The lowest BCUT2D eigenvalue weighted by atomic mass is 10.0. The normalized spacial score (nSPS) is 20.2. The molecule has 1 aliphatic carbocycles. The number of likely N-dealkylation sites (tertiary alicyclic amines) is 1. The van der Waals surface area contributed by atoms with E-state index < -0.39 is 0 Å². The summed E-state index contributed by atoms with van der Waals surface area (Å²) in [6.07, 6.45) is 6.95. The zero-order valence-electron chi connectivity index (χ0n) is 13.2. The average Bonchev–Trinajstić information content (AvgIpc) is 3.29. The van der Waals surface area contributed by atoms with Gasteiger partial charge in [-0.3, -0.25) is 4.90 Å². The number of rotatable bonds is 4. The molecule has 0 unspecified atom stereocenters. The molecule has 1 aromatic carbocycles. The Bertz CT molecular complexity index is 640. The molecule has 2 aliphatic rings. The van der Waals surface area contributed by atoms with E-state index in [2.05, 4.69) is 52.1 Å². The monoisotopic (exact) mass is 293 g/mol. The Morgan fingerprint density at radius 3 is 2.45 bits per heavy atom. The quantitative estimate of drug-likeness (QED) is 0.847. The van der Waals surface area contributed by atoms with E-state index in [0.29, 0.717) is 12.0 Å². The highest BCUT2D eigenvalue weighted by atomic mass is 15.2. The van der Waals surface area contributed by atoms with E-state index in [1.165, 1.54) is 55.6 Å². The fraction of sp³-hybridized carbons (Fsp3) is 0.474. The van der Waals surface area contributed by atoms with E-state index in [9.17, 15) is 0 Å². The van der Waals surface area contributed by atoms with Crippen molar-refractivity contribution in [2.45, 2.75) is 44.6 Å². The predicted molar refractivity (Wildman–Crippen MR) is 88.7 cm³/mol. The molecule has 2 heterocycles. The summed E-state index contributed by atoms with van der Waals surface area (Å²) in [5.41, 5.74) is 4.86. The van der Waals surface area contributed by atoms with Gasteiger partial charge in [0.2, 0.25) is 0 Å². The van der Waals surface area contributed by atoms with Crippen molar-refractivity contribution in [3.8, 4) is 11.3 Å².